The minimum atomic E-state index is -0.843. The van der Waals surface area contributed by atoms with Crippen molar-refractivity contribution in [3.8, 4) is 0 Å². The fraction of sp³-hybridized carbons (Fsp3) is 0.381. The van der Waals surface area contributed by atoms with Crippen LogP contribution in [0.4, 0.5) is 21.9 Å². The molecule has 0 spiro atoms. The molecular formula is C21H27N3O2. The second-order valence-corrected chi connectivity index (χ2v) is 6.82. The van der Waals surface area contributed by atoms with E-state index in [0.29, 0.717) is 12.8 Å². The summed E-state index contributed by atoms with van der Waals surface area (Å²) in [4.78, 5) is 14.3. The van der Waals surface area contributed by atoms with Crippen molar-refractivity contribution in [2.75, 3.05) is 23.3 Å². The molecule has 0 unspecified atom stereocenters. The van der Waals surface area contributed by atoms with E-state index in [2.05, 4.69) is 39.8 Å². The zero-order valence-electron chi connectivity index (χ0n) is 15.5. The van der Waals surface area contributed by atoms with Gasteiger partial charge in [0.1, 0.15) is 0 Å². The van der Waals surface area contributed by atoms with Gasteiger partial charge in [0, 0.05) is 30.2 Å². The summed E-state index contributed by atoms with van der Waals surface area (Å²) in [5, 5.41) is 15.8. The lowest BCUT2D eigenvalue weighted by Crippen LogP contribution is -2.43. The molecule has 26 heavy (non-hydrogen) atoms. The quantitative estimate of drug-likeness (QED) is 0.734. The van der Waals surface area contributed by atoms with Gasteiger partial charge >= 0.3 is 6.03 Å². The van der Waals surface area contributed by atoms with E-state index in [-0.39, 0.29) is 12.6 Å². The fourth-order valence-electron chi connectivity index (χ4n) is 3.25. The second-order valence-electron chi connectivity index (χ2n) is 6.82. The zero-order valence-corrected chi connectivity index (χ0v) is 15.5. The molecule has 0 saturated carbocycles. The van der Waals surface area contributed by atoms with E-state index >= 15 is 0 Å². The number of anilines is 3. The van der Waals surface area contributed by atoms with E-state index in [4.69, 9.17) is 0 Å². The van der Waals surface area contributed by atoms with Crippen LogP contribution >= 0.6 is 0 Å². The molecule has 1 aliphatic rings. The summed E-state index contributed by atoms with van der Waals surface area (Å²) >= 11 is 0. The molecule has 138 valence electrons. The number of para-hydroxylation sites is 1. The molecule has 0 atom stereocenters. The predicted molar refractivity (Wildman–Crippen MR) is 106 cm³/mol. The summed E-state index contributed by atoms with van der Waals surface area (Å²) < 4.78 is 0. The number of hydrogen-bond donors (Lipinski definition) is 3. The van der Waals surface area contributed by atoms with Crippen molar-refractivity contribution in [2.24, 2.45) is 0 Å². The number of carbonyl (C=O) groups excluding carboxylic acids is 1. The lowest BCUT2D eigenvalue weighted by atomic mass is 9.98. The maximum absolute atomic E-state index is 12.1. The van der Waals surface area contributed by atoms with E-state index in [9.17, 15) is 9.90 Å². The van der Waals surface area contributed by atoms with Gasteiger partial charge in [-0.25, -0.2) is 4.79 Å². The second kappa shape index (κ2) is 7.79. The van der Waals surface area contributed by atoms with Crippen molar-refractivity contribution < 1.29 is 9.90 Å². The number of hydrogen-bond acceptors (Lipinski definition) is 3. The van der Waals surface area contributed by atoms with Gasteiger partial charge in [-0.15, -0.1) is 0 Å². The molecular weight excluding hydrogens is 326 g/mol. The Kier molecular flexibility index (Phi) is 5.47. The Morgan fingerprint density at radius 3 is 2.50 bits per heavy atom. The first-order chi connectivity index (χ1) is 12.5. The highest BCUT2D eigenvalue weighted by atomic mass is 16.3. The van der Waals surface area contributed by atoms with Crippen LogP contribution in [0.15, 0.2) is 48.5 Å². The van der Waals surface area contributed by atoms with Gasteiger partial charge in [-0.05, 0) is 55.2 Å². The lowest BCUT2D eigenvalue weighted by molar-refractivity contribution is 0.0354. The average molecular weight is 353 g/mol. The van der Waals surface area contributed by atoms with Gasteiger partial charge in [0.15, 0.2) is 0 Å². The average Bonchev–Trinajstić information content (AvgIpc) is 3.11. The highest BCUT2D eigenvalue weighted by Gasteiger charge is 2.23. The Hall–Kier alpha value is -2.53. The smallest absolute Gasteiger partial charge is 0.319 e. The van der Waals surface area contributed by atoms with Gasteiger partial charge in [-0.2, -0.15) is 0 Å². The first-order valence-electron chi connectivity index (χ1n) is 9.27. The molecule has 0 radical (unpaired) electrons. The first-order valence-corrected chi connectivity index (χ1v) is 9.27. The SMILES string of the molecule is CCC(O)(CC)CNC(=O)Nc1ccc(N2CCc3ccccc32)cc1. The van der Waals surface area contributed by atoms with Crippen LogP contribution in [0, 0.1) is 0 Å². The van der Waals surface area contributed by atoms with Gasteiger partial charge in [0.2, 0.25) is 0 Å². The van der Waals surface area contributed by atoms with Crippen LogP contribution in [0.2, 0.25) is 0 Å². The summed E-state index contributed by atoms with van der Waals surface area (Å²) in [6.07, 6.45) is 2.27. The van der Waals surface area contributed by atoms with Gasteiger partial charge in [0.25, 0.3) is 0 Å². The molecule has 2 aromatic carbocycles. The molecule has 0 saturated heterocycles. The number of benzene rings is 2. The summed E-state index contributed by atoms with van der Waals surface area (Å²) in [5.74, 6) is 0. The lowest BCUT2D eigenvalue weighted by Gasteiger charge is -2.25. The topological polar surface area (TPSA) is 64.6 Å². The van der Waals surface area contributed by atoms with E-state index in [1.165, 1.54) is 11.3 Å². The van der Waals surface area contributed by atoms with Gasteiger partial charge in [-0.1, -0.05) is 32.0 Å². The normalized spacial score (nSPS) is 13.4. The van der Waals surface area contributed by atoms with Crippen LogP contribution in [0.25, 0.3) is 0 Å². The number of aliphatic hydroxyl groups is 1. The minimum absolute atomic E-state index is 0.245. The Morgan fingerprint density at radius 2 is 1.81 bits per heavy atom. The Balaban J connectivity index is 1.59. The minimum Gasteiger partial charge on any atom is -0.388 e. The van der Waals surface area contributed by atoms with E-state index < -0.39 is 5.60 Å². The maximum atomic E-state index is 12.1. The number of amides is 2. The number of rotatable bonds is 6. The van der Waals surface area contributed by atoms with Crippen LogP contribution in [0.5, 0.6) is 0 Å². The first kappa shape index (κ1) is 18.3. The molecule has 0 aromatic heterocycles. The molecule has 1 heterocycles. The van der Waals surface area contributed by atoms with E-state index in [0.717, 1.165) is 24.3 Å². The molecule has 1 aliphatic heterocycles. The molecule has 5 nitrogen and oxygen atoms in total. The maximum Gasteiger partial charge on any atom is 0.319 e. The number of fused-ring (bicyclic) bond motifs is 1. The molecule has 0 bridgehead atoms. The number of nitrogens with one attached hydrogen (secondary N) is 2. The largest absolute Gasteiger partial charge is 0.388 e. The predicted octanol–water partition coefficient (Wildman–Crippen LogP) is 4.05. The van der Waals surface area contributed by atoms with Crippen LogP contribution < -0.4 is 15.5 Å². The molecule has 3 rings (SSSR count). The monoisotopic (exact) mass is 353 g/mol. The summed E-state index contributed by atoms with van der Waals surface area (Å²) in [5.41, 5.74) is 3.63. The molecule has 0 fully saturated rings. The van der Waals surface area contributed by atoms with Crippen LogP contribution in [-0.2, 0) is 6.42 Å². The Morgan fingerprint density at radius 1 is 1.12 bits per heavy atom. The third-order valence-electron chi connectivity index (χ3n) is 5.22. The highest BCUT2D eigenvalue weighted by Crippen LogP contribution is 2.34. The number of urea groups is 1. The molecule has 3 N–H and O–H groups in total. The number of carbonyl (C=O) groups is 1. The van der Waals surface area contributed by atoms with E-state index in [1.54, 1.807) is 0 Å². The Bertz CT molecular complexity index is 754. The van der Waals surface area contributed by atoms with Crippen LogP contribution in [0.1, 0.15) is 32.3 Å². The van der Waals surface area contributed by atoms with Crippen LogP contribution in [-0.4, -0.2) is 29.8 Å². The van der Waals surface area contributed by atoms with Crippen molar-refractivity contribution >= 4 is 23.1 Å². The van der Waals surface area contributed by atoms with Crippen molar-refractivity contribution in [3.63, 3.8) is 0 Å². The molecule has 5 heteroatoms. The molecule has 0 aliphatic carbocycles. The third-order valence-corrected chi connectivity index (χ3v) is 5.22. The molecule has 2 amide bonds. The zero-order chi connectivity index (χ0) is 18.6. The third kappa shape index (κ3) is 3.99. The van der Waals surface area contributed by atoms with Gasteiger partial charge in [0.05, 0.1) is 5.60 Å². The van der Waals surface area contributed by atoms with Gasteiger partial charge in [-0.3, -0.25) is 0 Å². The molecule has 2 aromatic rings. The fourth-order valence-corrected chi connectivity index (χ4v) is 3.25. The van der Waals surface area contributed by atoms with Crippen molar-refractivity contribution in [3.05, 3.63) is 54.1 Å². The standard InChI is InChI=1S/C21H27N3O2/c1-3-21(26,4-2)15-22-20(25)23-17-9-11-18(12-10-17)24-14-13-16-7-5-6-8-19(16)24/h5-12,26H,3-4,13-15H2,1-2H3,(H2,22,23,25). The number of nitrogens with zero attached hydrogens (tertiary/aromatic N) is 1. The summed E-state index contributed by atoms with van der Waals surface area (Å²) in [6.45, 7) is 5.05. The van der Waals surface area contributed by atoms with Crippen molar-refractivity contribution in [2.45, 2.75) is 38.7 Å². The highest BCUT2D eigenvalue weighted by molar-refractivity contribution is 5.89. The summed E-state index contributed by atoms with van der Waals surface area (Å²) in [6, 6.07) is 16.0. The summed E-state index contributed by atoms with van der Waals surface area (Å²) in [7, 11) is 0. The van der Waals surface area contributed by atoms with Gasteiger partial charge < -0.3 is 20.6 Å². The van der Waals surface area contributed by atoms with Crippen molar-refractivity contribution in [1.29, 1.82) is 0 Å². The Labute approximate surface area is 155 Å². The van der Waals surface area contributed by atoms with E-state index in [1.807, 2.05) is 38.1 Å². The van der Waals surface area contributed by atoms with Crippen molar-refractivity contribution in [1.82, 2.24) is 5.32 Å². The van der Waals surface area contributed by atoms with Crippen LogP contribution in [0.3, 0.4) is 0 Å².